The number of anilines is 3. The van der Waals surface area contributed by atoms with Gasteiger partial charge in [-0.05, 0) is 123 Å². The van der Waals surface area contributed by atoms with Crippen molar-refractivity contribution in [3.63, 3.8) is 0 Å². The highest BCUT2D eigenvalue weighted by atomic mass is 15.1. The molecule has 0 bridgehead atoms. The van der Waals surface area contributed by atoms with Gasteiger partial charge in [-0.3, -0.25) is 0 Å². The summed E-state index contributed by atoms with van der Waals surface area (Å²) < 4.78 is 2.06. The molecule has 0 saturated heterocycles. The number of para-hydroxylation sites is 1. The summed E-state index contributed by atoms with van der Waals surface area (Å²) in [7, 11) is 0. The van der Waals surface area contributed by atoms with Crippen molar-refractivity contribution in [3.8, 4) is 56.0 Å². The van der Waals surface area contributed by atoms with Crippen LogP contribution in [0, 0.1) is 41.5 Å². The average molecular weight is 802 g/mol. The van der Waals surface area contributed by atoms with Crippen molar-refractivity contribution in [3.05, 3.63) is 210 Å². The minimum Gasteiger partial charge on any atom is -0.311 e. The number of aromatic nitrogens is 4. The highest BCUT2D eigenvalue weighted by Gasteiger charge is 2.23. The molecule has 3 aromatic heterocycles. The normalized spacial score (nSPS) is 11.4. The van der Waals surface area contributed by atoms with Gasteiger partial charge >= 0.3 is 0 Å². The number of rotatable bonds is 8. The molecule has 7 aromatic carbocycles. The van der Waals surface area contributed by atoms with Gasteiger partial charge in [-0.25, -0.2) is 15.0 Å². The standard InChI is InChI=1S/C57H47N5/c1-36-31-38(3)52(39(4)32-36)48-28-29-49(53-40(5)33-37(2)34-41(53)6)57-56(48)59-54(43-15-9-7-10-16-43)55(60-57)44-22-26-47(27-23-44)62(45-17-11-8-12-18-45)46-24-20-42(21-25-46)50-35-61-30-14-13-19-51(61)58-50/h7-35H,1-6H3. The van der Waals surface area contributed by atoms with E-state index in [4.69, 9.17) is 15.0 Å². The van der Waals surface area contributed by atoms with Crippen LogP contribution < -0.4 is 4.90 Å². The quantitative estimate of drug-likeness (QED) is 0.154. The average Bonchev–Trinajstić information content (AvgIpc) is 3.72. The Kier molecular flexibility index (Phi) is 9.80. The molecule has 5 nitrogen and oxygen atoms in total. The van der Waals surface area contributed by atoms with E-state index < -0.39 is 0 Å². The lowest BCUT2D eigenvalue weighted by Crippen LogP contribution is -2.09. The molecule has 0 aliphatic carbocycles. The fraction of sp³-hybridized carbons (Fsp3) is 0.105. The number of fused-ring (bicyclic) bond motifs is 2. The van der Waals surface area contributed by atoms with Crippen LogP contribution in [0.3, 0.4) is 0 Å². The lowest BCUT2D eigenvalue weighted by molar-refractivity contribution is 1.19. The number of aryl methyl sites for hydroxylation is 6. The molecule has 62 heavy (non-hydrogen) atoms. The van der Waals surface area contributed by atoms with Gasteiger partial charge in [0, 0.05) is 57.3 Å². The van der Waals surface area contributed by atoms with E-state index in [1.54, 1.807) is 0 Å². The zero-order chi connectivity index (χ0) is 42.5. The molecule has 300 valence electrons. The third-order valence-corrected chi connectivity index (χ3v) is 12.0. The molecular formula is C57H47N5. The lowest BCUT2D eigenvalue weighted by Gasteiger charge is -2.26. The maximum absolute atomic E-state index is 5.73. The van der Waals surface area contributed by atoms with Crippen molar-refractivity contribution >= 4 is 33.7 Å². The van der Waals surface area contributed by atoms with Crippen molar-refractivity contribution in [1.82, 2.24) is 19.4 Å². The molecule has 0 fully saturated rings. The highest BCUT2D eigenvalue weighted by molar-refractivity contribution is 6.04. The van der Waals surface area contributed by atoms with E-state index in [1.807, 2.05) is 24.4 Å². The summed E-state index contributed by atoms with van der Waals surface area (Å²) in [5, 5.41) is 0. The largest absolute Gasteiger partial charge is 0.311 e. The van der Waals surface area contributed by atoms with Gasteiger partial charge in [-0.1, -0.05) is 126 Å². The summed E-state index contributed by atoms with van der Waals surface area (Å²) >= 11 is 0. The number of pyridine rings is 1. The first-order chi connectivity index (χ1) is 30.2. The van der Waals surface area contributed by atoms with Crippen molar-refractivity contribution < 1.29 is 0 Å². The maximum Gasteiger partial charge on any atom is 0.137 e. The van der Waals surface area contributed by atoms with Gasteiger partial charge in [0.05, 0.1) is 28.1 Å². The first kappa shape index (κ1) is 38.6. The van der Waals surface area contributed by atoms with E-state index in [9.17, 15) is 0 Å². The molecule has 0 unspecified atom stereocenters. The maximum atomic E-state index is 5.73. The molecule has 0 saturated carbocycles. The van der Waals surface area contributed by atoms with Crippen LogP contribution >= 0.6 is 0 Å². The van der Waals surface area contributed by atoms with Crippen LogP contribution in [-0.4, -0.2) is 19.4 Å². The SMILES string of the molecule is Cc1cc(C)c(-c2ccc(-c3c(C)cc(C)cc3C)c3nc(-c4ccc(N(c5ccccc5)c5ccc(-c6cn7ccccc7n6)cc5)cc4)c(-c4ccccc4)nc23)c(C)c1. The van der Waals surface area contributed by atoms with E-state index in [1.165, 1.54) is 44.5 Å². The minimum absolute atomic E-state index is 0.844. The molecule has 10 aromatic rings. The van der Waals surface area contributed by atoms with Gasteiger partial charge in [-0.15, -0.1) is 0 Å². The Bertz CT molecular complexity index is 3200. The monoisotopic (exact) mass is 801 g/mol. The highest BCUT2D eigenvalue weighted by Crippen LogP contribution is 2.43. The Hall–Kier alpha value is -7.63. The summed E-state index contributed by atoms with van der Waals surface area (Å²) in [6.07, 6.45) is 4.11. The van der Waals surface area contributed by atoms with E-state index in [2.05, 4.69) is 203 Å². The predicted molar refractivity (Wildman–Crippen MR) is 259 cm³/mol. The van der Waals surface area contributed by atoms with Crippen LogP contribution in [0.15, 0.2) is 176 Å². The summed E-state index contributed by atoms with van der Waals surface area (Å²) in [6.45, 7) is 13.2. The zero-order valence-corrected chi connectivity index (χ0v) is 36.0. The third kappa shape index (κ3) is 7.01. The lowest BCUT2D eigenvalue weighted by atomic mass is 9.88. The summed E-state index contributed by atoms with van der Waals surface area (Å²) in [4.78, 5) is 18.6. The van der Waals surface area contributed by atoms with E-state index >= 15 is 0 Å². The van der Waals surface area contributed by atoms with Crippen LogP contribution in [0.25, 0.3) is 72.7 Å². The molecule has 0 atom stereocenters. The second kappa shape index (κ2) is 15.8. The topological polar surface area (TPSA) is 46.3 Å². The predicted octanol–water partition coefficient (Wildman–Crippen LogP) is 14.9. The Morgan fingerprint density at radius 3 is 1.34 bits per heavy atom. The van der Waals surface area contributed by atoms with Gasteiger partial charge in [0.15, 0.2) is 0 Å². The second-order valence-corrected chi connectivity index (χ2v) is 16.5. The first-order valence-electron chi connectivity index (χ1n) is 21.3. The van der Waals surface area contributed by atoms with E-state index in [-0.39, 0.29) is 0 Å². The summed E-state index contributed by atoms with van der Waals surface area (Å²) in [5.74, 6) is 0. The fourth-order valence-corrected chi connectivity index (χ4v) is 9.39. The fourth-order valence-electron chi connectivity index (χ4n) is 9.39. The molecule has 0 amide bonds. The van der Waals surface area contributed by atoms with Crippen molar-refractivity contribution in [1.29, 1.82) is 0 Å². The van der Waals surface area contributed by atoms with Crippen LogP contribution in [0.5, 0.6) is 0 Å². The van der Waals surface area contributed by atoms with Gasteiger partial charge in [-0.2, -0.15) is 0 Å². The number of hydrogen-bond donors (Lipinski definition) is 0. The smallest absolute Gasteiger partial charge is 0.137 e. The van der Waals surface area contributed by atoms with Crippen molar-refractivity contribution in [2.24, 2.45) is 0 Å². The van der Waals surface area contributed by atoms with Crippen LogP contribution in [0.4, 0.5) is 17.1 Å². The number of benzene rings is 7. The molecule has 0 radical (unpaired) electrons. The molecule has 10 rings (SSSR count). The summed E-state index contributed by atoms with van der Waals surface area (Å²) in [6, 6.07) is 58.1. The number of nitrogens with zero attached hydrogens (tertiary/aromatic N) is 5. The molecule has 5 heteroatoms. The number of imidazole rings is 1. The van der Waals surface area contributed by atoms with Gasteiger partial charge in [0.25, 0.3) is 0 Å². The van der Waals surface area contributed by atoms with Gasteiger partial charge in [0.2, 0.25) is 0 Å². The molecule has 0 N–H and O–H groups in total. The first-order valence-corrected chi connectivity index (χ1v) is 21.3. The van der Waals surface area contributed by atoms with Crippen molar-refractivity contribution in [2.75, 3.05) is 4.90 Å². The van der Waals surface area contributed by atoms with Crippen LogP contribution in [-0.2, 0) is 0 Å². The van der Waals surface area contributed by atoms with Gasteiger partial charge < -0.3 is 9.30 Å². The third-order valence-electron chi connectivity index (χ3n) is 12.0. The molecule has 3 heterocycles. The molecule has 0 spiro atoms. The second-order valence-electron chi connectivity index (χ2n) is 16.5. The Morgan fingerprint density at radius 1 is 0.403 bits per heavy atom. The van der Waals surface area contributed by atoms with Crippen molar-refractivity contribution in [2.45, 2.75) is 41.5 Å². The van der Waals surface area contributed by atoms with Crippen LogP contribution in [0.1, 0.15) is 33.4 Å². The molecule has 0 aliphatic heterocycles. The van der Waals surface area contributed by atoms with E-state index in [0.29, 0.717) is 0 Å². The van der Waals surface area contributed by atoms with E-state index in [0.717, 1.165) is 78.6 Å². The number of hydrogen-bond acceptors (Lipinski definition) is 4. The Morgan fingerprint density at radius 2 is 0.839 bits per heavy atom. The van der Waals surface area contributed by atoms with Crippen LogP contribution in [0.2, 0.25) is 0 Å². The summed E-state index contributed by atoms with van der Waals surface area (Å²) in [5.41, 5.74) is 23.6. The van der Waals surface area contributed by atoms with Gasteiger partial charge in [0.1, 0.15) is 5.65 Å². The zero-order valence-electron chi connectivity index (χ0n) is 36.0. The Labute approximate surface area is 363 Å². The minimum atomic E-state index is 0.844. The Balaban J connectivity index is 1.15. The molecule has 0 aliphatic rings. The molecular weight excluding hydrogens is 755 g/mol.